The molecule has 2 aliphatic rings. The van der Waals surface area contributed by atoms with Gasteiger partial charge in [-0.1, -0.05) is 13.0 Å². The average Bonchev–Trinajstić information content (AvgIpc) is 3.41. The topological polar surface area (TPSA) is 129 Å². The Balaban J connectivity index is 1.77. The van der Waals surface area contributed by atoms with Crippen LogP contribution < -0.4 is 14.8 Å². The van der Waals surface area contributed by atoms with Crippen LogP contribution in [-0.2, 0) is 26.0 Å². The SMILES string of the molecule is CCc1nn2c(c1-c1ccc(OC)c(S(=O)(=O)NC[C@@H]3CCCO3)c1)NC(=O)CCC2=O. The van der Waals surface area contributed by atoms with Crippen LogP contribution in [0.4, 0.5) is 5.82 Å². The molecule has 0 bridgehead atoms. The van der Waals surface area contributed by atoms with Gasteiger partial charge in [-0.05, 0) is 37.0 Å². The summed E-state index contributed by atoms with van der Waals surface area (Å²) < 4.78 is 40.8. The fourth-order valence-electron chi connectivity index (χ4n) is 3.96. The third-order valence-corrected chi connectivity index (χ3v) is 7.06. The van der Waals surface area contributed by atoms with Crippen molar-refractivity contribution in [2.24, 2.45) is 0 Å². The first-order valence-corrected chi connectivity index (χ1v) is 12.1. The van der Waals surface area contributed by atoms with Crippen LogP contribution in [0.3, 0.4) is 0 Å². The van der Waals surface area contributed by atoms with E-state index in [1.807, 2.05) is 6.92 Å². The van der Waals surface area contributed by atoms with Crippen LogP contribution in [0.15, 0.2) is 23.1 Å². The summed E-state index contributed by atoms with van der Waals surface area (Å²) in [6.07, 6.45) is 2.16. The van der Waals surface area contributed by atoms with E-state index in [0.29, 0.717) is 29.8 Å². The summed E-state index contributed by atoms with van der Waals surface area (Å²) in [6.45, 7) is 2.67. The molecule has 1 amide bonds. The zero-order valence-corrected chi connectivity index (χ0v) is 18.8. The maximum atomic E-state index is 13.1. The number of hydrogen-bond acceptors (Lipinski definition) is 7. The van der Waals surface area contributed by atoms with Gasteiger partial charge in [0.2, 0.25) is 21.8 Å². The van der Waals surface area contributed by atoms with E-state index in [-0.39, 0.29) is 53.8 Å². The van der Waals surface area contributed by atoms with Gasteiger partial charge < -0.3 is 14.8 Å². The molecule has 11 heteroatoms. The Bertz CT molecular complexity index is 1150. The third-order valence-electron chi connectivity index (χ3n) is 5.62. The zero-order valence-electron chi connectivity index (χ0n) is 18.0. The van der Waals surface area contributed by atoms with Crippen LogP contribution in [0, 0.1) is 0 Å². The summed E-state index contributed by atoms with van der Waals surface area (Å²) >= 11 is 0. The minimum Gasteiger partial charge on any atom is -0.495 e. The van der Waals surface area contributed by atoms with Crippen molar-refractivity contribution < 1.29 is 27.5 Å². The summed E-state index contributed by atoms with van der Waals surface area (Å²) in [5.41, 5.74) is 1.61. The number of aromatic nitrogens is 2. The standard InChI is InChI=1S/C21H26N4O6S/c1-3-15-20(21-23-18(26)8-9-19(27)25(21)24-15)13-6-7-16(30-2)17(11-13)32(28,29)22-12-14-5-4-10-31-14/h6-7,11,14,22H,3-5,8-10,12H2,1-2H3,(H,23,26)/t14-/m0/s1. The molecule has 32 heavy (non-hydrogen) atoms. The number of amides is 1. The molecule has 1 aromatic carbocycles. The van der Waals surface area contributed by atoms with E-state index in [4.69, 9.17) is 9.47 Å². The molecule has 0 radical (unpaired) electrons. The molecule has 0 aliphatic carbocycles. The lowest BCUT2D eigenvalue weighted by atomic mass is 10.0. The molecule has 1 fully saturated rings. The number of hydrogen-bond donors (Lipinski definition) is 2. The van der Waals surface area contributed by atoms with Crippen LogP contribution >= 0.6 is 0 Å². The Hall–Kier alpha value is -2.76. The van der Waals surface area contributed by atoms with Gasteiger partial charge in [-0.25, -0.2) is 13.1 Å². The molecule has 10 nitrogen and oxygen atoms in total. The van der Waals surface area contributed by atoms with Crippen molar-refractivity contribution in [2.45, 2.75) is 50.0 Å². The number of carbonyl (C=O) groups is 2. The molecule has 3 heterocycles. The molecule has 0 unspecified atom stereocenters. The van der Waals surface area contributed by atoms with Gasteiger partial charge in [-0.3, -0.25) is 9.59 Å². The van der Waals surface area contributed by atoms with Gasteiger partial charge in [0.25, 0.3) is 0 Å². The number of fused-ring (bicyclic) bond motifs is 1. The van der Waals surface area contributed by atoms with E-state index in [1.54, 1.807) is 12.1 Å². The minimum absolute atomic E-state index is 0.0382. The van der Waals surface area contributed by atoms with E-state index >= 15 is 0 Å². The summed E-state index contributed by atoms with van der Waals surface area (Å²) in [4.78, 5) is 24.6. The van der Waals surface area contributed by atoms with Gasteiger partial charge in [-0.15, -0.1) is 0 Å². The number of benzene rings is 1. The number of aryl methyl sites for hydroxylation is 1. The summed E-state index contributed by atoms with van der Waals surface area (Å²) in [7, 11) is -2.51. The first-order chi connectivity index (χ1) is 15.3. The third kappa shape index (κ3) is 4.27. The second-order valence-corrected chi connectivity index (χ2v) is 9.47. The summed E-state index contributed by atoms with van der Waals surface area (Å²) in [5.74, 6) is -0.139. The highest BCUT2D eigenvalue weighted by atomic mass is 32.2. The normalized spacial score (nSPS) is 18.9. The maximum absolute atomic E-state index is 13.1. The number of anilines is 1. The van der Waals surface area contributed by atoms with Crippen LogP contribution in [0.25, 0.3) is 11.1 Å². The molecule has 2 aromatic rings. The molecule has 4 rings (SSSR count). The van der Waals surface area contributed by atoms with E-state index in [2.05, 4.69) is 15.1 Å². The predicted molar refractivity (Wildman–Crippen MR) is 116 cm³/mol. The predicted octanol–water partition coefficient (Wildman–Crippen LogP) is 1.95. The van der Waals surface area contributed by atoms with Crippen molar-refractivity contribution in [2.75, 3.05) is 25.6 Å². The van der Waals surface area contributed by atoms with Crippen LogP contribution in [0.1, 0.15) is 43.1 Å². The van der Waals surface area contributed by atoms with Gasteiger partial charge in [0.05, 0.1) is 18.9 Å². The minimum atomic E-state index is -3.91. The highest BCUT2D eigenvalue weighted by molar-refractivity contribution is 7.89. The van der Waals surface area contributed by atoms with Crippen molar-refractivity contribution in [3.63, 3.8) is 0 Å². The smallest absolute Gasteiger partial charge is 0.249 e. The molecule has 1 saturated heterocycles. The Kier molecular flexibility index (Phi) is 6.31. The first-order valence-electron chi connectivity index (χ1n) is 10.6. The van der Waals surface area contributed by atoms with Crippen LogP contribution in [0.5, 0.6) is 5.75 Å². The lowest BCUT2D eigenvalue weighted by molar-refractivity contribution is -0.116. The van der Waals surface area contributed by atoms with Crippen LogP contribution in [-0.4, -0.2) is 56.4 Å². The Morgan fingerprint density at radius 1 is 1.31 bits per heavy atom. The van der Waals surface area contributed by atoms with Gasteiger partial charge >= 0.3 is 0 Å². The molecular weight excluding hydrogens is 436 g/mol. The largest absolute Gasteiger partial charge is 0.495 e. The lowest BCUT2D eigenvalue weighted by Gasteiger charge is -2.15. The average molecular weight is 463 g/mol. The van der Waals surface area contributed by atoms with E-state index in [1.165, 1.54) is 17.9 Å². The molecule has 2 N–H and O–H groups in total. The quantitative estimate of drug-likeness (QED) is 0.643. The van der Waals surface area contributed by atoms with Crippen LogP contribution in [0.2, 0.25) is 0 Å². The summed E-state index contributed by atoms with van der Waals surface area (Å²) in [6, 6.07) is 4.73. The molecular formula is C21H26N4O6S. The van der Waals surface area contributed by atoms with Gasteiger partial charge in [-0.2, -0.15) is 9.78 Å². The van der Waals surface area contributed by atoms with Crippen molar-refractivity contribution >= 4 is 27.7 Å². The number of rotatable bonds is 7. The Morgan fingerprint density at radius 2 is 2.12 bits per heavy atom. The molecule has 2 aliphatic heterocycles. The number of carbonyl (C=O) groups excluding carboxylic acids is 2. The highest BCUT2D eigenvalue weighted by Gasteiger charge is 2.29. The van der Waals surface area contributed by atoms with Gasteiger partial charge in [0.1, 0.15) is 16.5 Å². The second kappa shape index (κ2) is 9.00. The number of nitrogens with one attached hydrogen (secondary N) is 2. The second-order valence-electron chi connectivity index (χ2n) is 7.73. The molecule has 0 saturated carbocycles. The maximum Gasteiger partial charge on any atom is 0.249 e. The zero-order chi connectivity index (χ0) is 22.9. The monoisotopic (exact) mass is 462 g/mol. The van der Waals surface area contributed by atoms with Gasteiger partial charge in [0, 0.05) is 31.6 Å². The van der Waals surface area contributed by atoms with E-state index in [9.17, 15) is 18.0 Å². The number of methoxy groups -OCH3 is 1. The number of sulfonamides is 1. The Morgan fingerprint density at radius 3 is 2.81 bits per heavy atom. The molecule has 1 aromatic heterocycles. The van der Waals surface area contributed by atoms with Crippen molar-refractivity contribution in [3.05, 3.63) is 23.9 Å². The molecule has 172 valence electrons. The van der Waals surface area contributed by atoms with E-state index < -0.39 is 10.0 Å². The van der Waals surface area contributed by atoms with E-state index in [0.717, 1.165) is 12.8 Å². The summed E-state index contributed by atoms with van der Waals surface area (Å²) in [5, 5.41) is 7.14. The van der Waals surface area contributed by atoms with Crippen molar-refractivity contribution in [1.29, 1.82) is 0 Å². The Labute approximate surface area is 186 Å². The van der Waals surface area contributed by atoms with Crippen molar-refractivity contribution in [3.8, 4) is 16.9 Å². The lowest BCUT2D eigenvalue weighted by Crippen LogP contribution is -2.32. The molecule has 1 atom stereocenters. The van der Waals surface area contributed by atoms with Gasteiger partial charge in [0.15, 0.2) is 0 Å². The fraction of sp³-hybridized carbons (Fsp3) is 0.476. The highest BCUT2D eigenvalue weighted by Crippen LogP contribution is 2.37. The number of ether oxygens (including phenoxy) is 2. The molecule has 0 spiro atoms. The van der Waals surface area contributed by atoms with Crippen molar-refractivity contribution in [1.82, 2.24) is 14.5 Å². The first kappa shape index (κ1) is 22.4. The number of nitrogens with zero attached hydrogens (tertiary/aromatic N) is 2. The fourth-order valence-corrected chi connectivity index (χ4v) is 5.22.